The molecule has 0 amide bonds. The Bertz CT molecular complexity index is 265. The molecule has 0 aliphatic carbocycles. The highest BCUT2D eigenvalue weighted by Gasteiger charge is 2.33. The summed E-state index contributed by atoms with van der Waals surface area (Å²) >= 11 is 0. The maximum absolute atomic E-state index is 5.53. The molecule has 0 aromatic rings. The molecule has 4 nitrogen and oxygen atoms in total. The predicted molar refractivity (Wildman–Crippen MR) is 95.6 cm³/mol. The van der Waals surface area contributed by atoms with Crippen LogP contribution in [0, 0.1) is 17.8 Å². The summed E-state index contributed by atoms with van der Waals surface area (Å²) in [5.74, 6) is 1.69. The van der Waals surface area contributed by atoms with Gasteiger partial charge in [0.25, 0.3) is 0 Å². The molecule has 2 heterocycles. The van der Waals surface area contributed by atoms with Crippen LogP contribution in [0.15, 0.2) is 0 Å². The van der Waals surface area contributed by atoms with E-state index in [1.165, 1.54) is 0 Å². The highest BCUT2D eigenvalue weighted by molar-refractivity contribution is 4.79. The number of hydrogen-bond acceptors (Lipinski definition) is 4. The van der Waals surface area contributed by atoms with Gasteiger partial charge >= 0.3 is 0 Å². The minimum atomic E-state index is 0.272. The number of ether oxygens (including phenoxy) is 4. The Balaban J connectivity index is 0.000000381. The fourth-order valence-corrected chi connectivity index (χ4v) is 2.91. The van der Waals surface area contributed by atoms with Gasteiger partial charge in [0.2, 0.25) is 0 Å². The lowest BCUT2D eigenvalue weighted by atomic mass is 9.94. The summed E-state index contributed by atoms with van der Waals surface area (Å²) in [6.07, 6.45) is 1.17. The molecule has 2 aliphatic heterocycles. The van der Waals surface area contributed by atoms with Gasteiger partial charge in [-0.05, 0) is 24.7 Å². The third-order valence-electron chi connectivity index (χ3n) is 4.05. The van der Waals surface area contributed by atoms with Gasteiger partial charge in [0.1, 0.15) is 6.79 Å². The van der Waals surface area contributed by atoms with E-state index in [1.54, 1.807) is 0 Å². The molecule has 140 valence electrons. The first-order chi connectivity index (χ1) is 10.8. The van der Waals surface area contributed by atoms with Crippen molar-refractivity contribution in [3.05, 3.63) is 0 Å². The second kappa shape index (κ2) is 12.2. The van der Waals surface area contributed by atoms with Crippen molar-refractivity contribution in [2.45, 2.75) is 86.7 Å². The van der Waals surface area contributed by atoms with Crippen molar-refractivity contribution in [2.24, 2.45) is 17.8 Å². The molecule has 4 heteroatoms. The minimum absolute atomic E-state index is 0.272. The summed E-state index contributed by atoms with van der Waals surface area (Å²) in [5, 5.41) is 0. The minimum Gasteiger partial charge on any atom is -0.373 e. The summed E-state index contributed by atoms with van der Waals surface area (Å²) in [7, 11) is 0. The van der Waals surface area contributed by atoms with Gasteiger partial charge in [-0.25, -0.2) is 0 Å². The molecule has 0 aromatic heterocycles. The Kier molecular flexibility index (Phi) is 12.2. The third-order valence-corrected chi connectivity index (χ3v) is 4.05. The molecule has 4 unspecified atom stereocenters. The zero-order valence-electron chi connectivity index (χ0n) is 16.8. The van der Waals surface area contributed by atoms with Crippen molar-refractivity contribution in [2.75, 3.05) is 20.0 Å². The van der Waals surface area contributed by atoms with Crippen LogP contribution < -0.4 is 0 Å². The molecule has 2 rings (SSSR count). The predicted octanol–water partition coefficient (Wildman–Crippen LogP) is 4.51. The van der Waals surface area contributed by atoms with E-state index in [-0.39, 0.29) is 6.10 Å². The summed E-state index contributed by atoms with van der Waals surface area (Å²) < 4.78 is 21.9. The van der Waals surface area contributed by atoms with Gasteiger partial charge in [0, 0.05) is 0 Å². The molecule has 0 aromatic carbocycles. The average molecular weight is 333 g/mol. The maximum Gasteiger partial charge on any atom is 0.147 e. The van der Waals surface area contributed by atoms with E-state index in [2.05, 4.69) is 48.5 Å². The second-order valence-corrected chi connectivity index (χ2v) is 7.02. The smallest absolute Gasteiger partial charge is 0.147 e. The highest BCUT2D eigenvalue weighted by atomic mass is 16.7. The Morgan fingerprint density at radius 1 is 0.609 bits per heavy atom. The topological polar surface area (TPSA) is 36.9 Å². The van der Waals surface area contributed by atoms with Crippen molar-refractivity contribution in [3.8, 4) is 0 Å². The highest BCUT2D eigenvalue weighted by Crippen LogP contribution is 2.25. The number of hydrogen-bond donors (Lipinski definition) is 0. The Morgan fingerprint density at radius 2 is 1.00 bits per heavy atom. The Hall–Kier alpha value is -0.160. The monoisotopic (exact) mass is 332 g/mol. The van der Waals surface area contributed by atoms with Crippen LogP contribution in [0.5, 0.6) is 0 Å². The molecular formula is C19H40O4. The summed E-state index contributed by atoms with van der Waals surface area (Å²) in [5.41, 5.74) is 0. The second-order valence-electron chi connectivity index (χ2n) is 7.02. The molecule has 0 saturated carbocycles. The van der Waals surface area contributed by atoms with Crippen LogP contribution in [0.2, 0.25) is 0 Å². The zero-order valence-corrected chi connectivity index (χ0v) is 16.8. The average Bonchev–Trinajstić information content (AvgIpc) is 3.00. The first-order valence-corrected chi connectivity index (χ1v) is 9.31. The normalized spacial score (nSPS) is 30.8. The lowest BCUT2D eigenvalue weighted by Crippen LogP contribution is -2.39. The van der Waals surface area contributed by atoms with E-state index in [4.69, 9.17) is 18.9 Å². The third kappa shape index (κ3) is 7.97. The lowest BCUT2D eigenvalue weighted by molar-refractivity contribution is -0.147. The van der Waals surface area contributed by atoms with Crippen LogP contribution >= 0.6 is 0 Å². The van der Waals surface area contributed by atoms with Gasteiger partial charge in [-0.1, -0.05) is 55.4 Å². The van der Waals surface area contributed by atoms with Crippen molar-refractivity contribution in [3.63, 3.8) is 0 Å². The molecule has 0 radical (unpaired) electrons. The first-order valence-electron chi connectivity index (χ1n) is 9.31. The van der Waals surface area contributed by atoms with E-state index in [1.807, 2.05) is 13.8 Å². The standard InChI is InChI=1S/C9H18O2.C8H16O2.C2H6/c1-6(2)8-9(7(3)4)11-5-10-8;1-6(2)8-7(3)9-4-5-10-8;1-2/h6-9H,5H2,1-4H3;6-8H,4-5H2,1-3H3;1-2H3. The SMILES string of the molecule is CC.CC(C)C1OCCOC1C.CC(C)C1OCOC1C(C)C. The van der Waals surface area contributed by atoms with Gasteiger partial charge in [-0.15, -0.1) is 0 Å². The van der Waals surface area contributed by atoms with Crippen LogP contribution in [0.25, 0.3) is 0 Å². The molecule has 23 heavy (non-hydrogen) atoms. The summed E-state index contributed by atoms with van der Waals surface area (Å²) in [4.78, 5) is 0. The Labute approximate surface area is 144 Å². The van der Waals surface area contributed by atoms with Gasteiger partial charge in [-0.3, -0.25) is 0 Å². The largest absolute Gasteiger partial charge is 0.373 e. The number of rotatable bonds is 3. The fourth-order valence-electron chi connectivity index (χ4n) is 2.91. The molecule has 2 aliphatic rings. The van der Waals surface area contributed by atoms with Crippen LogP contribution in [0.1, 0.15) is 62.3 Å². The molecule has 0 N–H and O–H groups in total. The lowest BCUT2D eigenvalue weighted by Gasteiger charge is -2.31. The Morgan fingerprint density at radius 3 is 1.30 bits per heavy atom. The van der Waals surface area contributed by atoms with Crippen molar-refractivity contribution < 1.29 is 18.9 Å². The van der Waals surface area contributed by atoms with E-state index in [0.717, 1.165) is 13.2 Å². The molecule has 4 atom stereocenters. The molecule has 0 bridgehead atoms. The molecular weight excluding hydrogens is 292 g/mol. The van der Waals surface area contributed by atoms with Crippen molar-refractivity contribution in [1.82, 2.24) is 0 Å². The van der Waals surface area contributed by atoms with Gasteiger partial charge in [-0.2, -0.15) is 0 Å². The van der Waals surface area contributed by atoms with Crippen LogP contribution in [-0.4, -0.2) is 44.4 Å². The van der Waals surface area contributed by atoms with Crippen LogP contribution in [-0.2, 0) is 18.9 Å². The van der Waals surface area contributed by atoms with Gasteiger partial charge in [0.05, 0.1) is 37.6 Å². The first kappa shape index (κ1) is 22.8. The van der Waals surface area contributed by atoms with E-state index < -0.39 is 0 Å². The van der Waals surface area contributed by atoms with Crippen LogP contribution in [0.4, 0.5) is 0 Å². The summed E-state index contributed by atoms with van der Waals surface area (Å²) in [6.45, 7) is 21.1. The van der Waals surface area contributed by atoms with Gasteiger partial charge in [0.15, 0.2) is 0 Å². The molecule has 0 spiro atoms. The molecule has 2 fully saturated rings. The quantitative estimate of drug-likeness (QED) is 0.762. The zero-order chi connectivity index (χ0) is 18.0. The van der Waals surface area contributed by atoms with Crippen molar-refractivity contribution in [1.29, 1.82) is 0 Å². The summed E-state index contributed by atoms with van der Waals surface area (Å²) in [6, 6.07) is 0. The van der Waals surface area contributed by atoms with Gasteiger partial charge < -0.3 is 18.9 Å². The van der Waals surface area contributed by atoms with Crippen LogP contribution in [0.3, 0.4) is 0 Å². The molecule has 2 saturated heterocycles. The van der Waals surface area contributed by atoms with E-state index >= 15 is 0 Å². The van der Waals surface area contributed by atoms with E-state index in [0.29, 0.717) is 42.9 Å². The van der Waals surface area contributed by atoms with Crippen molar-refractivity contribution >= 4 is 0 Å². The maximum atomic E-state index is 5.53. The fraction of sp³-hybridized carbons (Fsp3) is 1.00. The van der Waals surface area contributed by atoms with E-state index in [9.17, 15) is 0 Å².